The van der Waals surface area contributed by atoms with Gasteiger partial charge in [0.15, 0.2) is 0 Å². The summed E-state index contributed by atoms with van der Waals surface area (Å²) in [4.78, 5) is 18.1. The van der Waals surface area contributed by atoms with Crippen LogP contribution in [0.4, 0.5) is 4.79 Å². The van der Waals surface area contributed by atoms with Crippen LogP contribution in [0.2, 0.25) is 0 Å². The summed E-state index contributed by atoms with van der Waals surface area (Å²) in [7, 11) is 5.72. The van der Waals surface area contributed by atoms with Crippen LogP contribution in [0.25, 0.3) is 0 Å². The molecule has 2 heterocycles. The summed E-state index contributed by atoms with van der Waals surface area (Å²) in [5.41, 5.74) is -0.0889. The molecule has 2 aliphatic heterocycles. The predicted molar refractivity (Wildman–Crippen MR) is 61.5 cm³/mol. The van der Waals surface area contributed by atoms with Crippen LogP contribution < -0.4 is 0 Å². The molecule has 92 valence electrons. The molecule has 0 bridgehead atoms. The van der Waals surface area contributed by atoms with E-state index in [1.807, 2.05) is 19.0 Å². The van der Waals surface area contributed by atoms with Gasteiger partial charge in [0, 0.05) is 33.7 Å². The fraction of sp³-hybridized carbons (Fsp3) is 0.909. The highest BCUT2D eigenvalue weighted by Gasteiger charge is 2.46. The van der Waals surface area contributed by atoms with Gasteiger partial charge in [-0.2, -0.15) is 0 Å². The fourth-order valence-corrected chi connectivity index (χ4v) is 2.67. The fourth-order valence-electron chi connectivity index (χ4n) is 2.67. The van der Waals surface area contributed by atoms with Crippen molar-refractivity contribution in [3.63, 3.8) is 0 Å². The van der Waals surface area contributed by atoms with Crippen molar-refractivity contribution in [1.29, 1.82) is 0 Å². The molecule has 2 saturated heterocycles. The van der Waals surface area contributed by atoms with Crippen molar-refractivity contribution in [3.05, 3.63) is 0 Å². The van der Waals surface area contributed by atoms with Crippen molar-refractivity contribution in [2.45, 2.75) is 12.0 Å². The van der Waals surface area contributed by atoms with Gasteiger partial charge < -0.3 is 19.4 Å². The number of rotatable bonds is 0. The van der Waals surface area contributed by atoms with Gasteiger partial charge in [-0.25, -0.2) is 4.79 Å². The second-order valence-electron chi connectivity index (χ2n) is 5.09. The average molecular weight is 227 g/mol. The number of ether oxygens (including phenoxy) is 1. The molecule has 0 N–H and O–H groups in total. The number of hydrogen-bond acceptors (Lipinski definition) is 3. The maximum absolute atomic E-state index is 12.1. The number of likely N-dealkylation sites (N-methyl/N-ethyl adjacent to an activating group) is 1. The van der Waals surface area contributed by atoms with E-state index >= 15 is 0 Å². The first-order valence-electron chi connectivity index (χ1n) is 5.80. The van der Waals surface area contributed by atoms with Crippen molar-refractivity contribution in [3.8, 4) is 0 Å². The highest BCUT2D eigenvalue weighted by Crippen LogP contribution is 2.30. The second kappa shape index (κ2) is 4.22. The minimum atomic E-state index is -0.0889. The van der Waals surface area contributed by atoms with Crippen molar-refractivity contribution in [2.24, 2.45) is 0 Å². The van der Waals surface area contributed by atoms with E-state index in [0.717, 1.165) is 19.5 Å². The third kappa shape index (κ3) is 1.89. The van der Waals surface area contributed by atoms with Crippen LogP contribution in [0.1, 0.15) is 6.42 Å². The van der Waals surface area contributed by atoms with E-state index in [4.69, 9.17) is 4.74 Å². The Balaban J connectivity index is 2.17. The molecule has 0 aromatic heterocycles. The van der Waals surface area contributed by atoms with Crippen LogP contribution in [-0.4, -0.2) is 80.3 Å². The highest BCUT2D eigenvalue weighted by atomic mass is 16.5. The molecule has 1 atom stereocenters. The Bertz CT molecular complexity index is 278. The molecule has 2 amide bonds. The van der Waals surface area contributed by atoms with Gasteiger partial charge in [-0.1, -0.05) is 0 Å². The Kier molecular flexibility index (Phi) is 3.08. The number of hydrogen-bond donors (Lipinski definition) is 0. The highest BCUT2D eigenvalue weighted by molar-refractivity contribution is 5.75. The zero-order chi connectivity index (χ0) is 11.8. The van der Waals surface area contributed by atoms with Crippen molar-refractivity contribution < 1.29 is 9.53 Å². The maximum Gasteiger partial charge on any atom is 0.320 e. The van der Waals surface area contributed by atoms with Crippen LogP contribution in [0.15, 0.2) is 0 Å². The smallest absolute Gasteiger partial charge is 0.320 e. The number of urea groups is 1. The number of amides is 2. The predicted octanol–water partition coefficient (Wildman–Crippen LogP) is 0.0745. The summed E-state index contributed by atoms with van der Waals surface area (Å²) in [5.74, 6) is 0. The standard InChI is InChI=1S/C11H21N3O2/c1-12(2)10(15)14-6-7-16-9-11(14)4-5-13(3)8-11/h4-9H2,1-3H3. The summed E-state index contributed by atoms with van der Waals surface area (Å²) < 4.78 is 5.58. The molecule has 5 heteroatoms. The Hall–Kier alpha value is -0.810. The summed E-state index contributed by atoms with van der Waals surface area (Å²) in [5, 5.41) is 0. The first kappa shape index (κ1) is 11.7. The van der Waals surface area contributed by atoms with E-state index in [1.165, 1.54) is 0 Å². The summed E-state index contributed by atoms with van der Waals surface area (Å²) >= 11 is 0. The number of carbonyl (C=O) groups excluding carboxylic acids is 1. The molecule has 1 spiro atoms. The maximum atomic E-state index is 12.1. The van der Waals surface area contributed by atoms with Crippen molar-refractivity contribution in [1.82, 2.24) is 14.7 Å². The third-order valence-corrected chi connectivity index (χ3v) is 3.54. The minimum absolute atomic E-state index is 0.0889. The summed E-state index contributed by atoms with van der Waals surface area (Å²) in [6, 6.07) is 0.110. The average Bonchev–Trinajstić information content (AvgIpc) is 2.60. The zero-order valence-electron chi connectivity index (χ0n) is 10.4. The van der Waals surface area contributed by atoms with Gasteiger partial charge in [0.05, 0.1) is 18.8 Å². The number of morpholine rings is 1. The molecular formula is C11H21N3O2. The Morgan fingerprint density at radius 3 is 2.69 bits per heavy atom. The molecular weight excluding hydrogens is 206 g/mol. The topological polar surface area (TPSA) is 36.0 Å². The van der Waals surface area contributed by atoms with E-state index in [2.05, 4.69) is 11.9 Å². The van der Waals surface area contributed by atoms with Gasteiger partial charge in [-0.15, -0.1) is 0 Å². The number of likely N-dealkylation sites (tertiary alicyclic amines) is 1. The van der Waals surface area contributed by atoms with E-state index in [-0.39, 0.29) is 11.6 Å². The molecule has 5 nitrogen and oxygen atoms in total. The lowest BCUT2D eigenvalue weighted by molar-refractivity contribution is -0.0442. The van der Waals surface area contributed by atoms with Crippen LogP contribution in [0.3, 0.4) is 0 Å². The molecule has 0 saturated carbocycles. The first-order valence-corrected chi connectivity index (χ1v) is 5.80. The number of carbonyl (C=O) groups is 1. The molecule has 0 aromatic carbocycles. The molecule has 0 radical (unpaired) electrons. The van der Waals surface area contributed by atoms with Gasteiger partial charge in [0.2, 0.25) is 0 Å². The van der Waals surface area contributed by atoms with Crippen LogP contribution in [0, 0.1) is 0 Å². The van der Waals surface area contributed by atoms with Gasteiger partial charge in [-0.3, -0.25) is 0 Å². The van der Waals surface area contributed by atoms with Crippen molar-refractivity contribution >= 4 is 6.03 Å². The molecule has 2 fully saturated rings. The Morgan fingerprint density at radius 2 is 2.12 bits per heavy atom. The Labute approximate surface area is 96.9 Å². The minimum Gasteiger partial charge on any atom is -0.377 e. The third-order valence-electron chi connectivity index (χ3n) is 3.54. The van der Waals surface area contributed by atoms with E-state index in [0.29, 0.717) is 19.8 Å². The largest absolute Gasteiger partial charge is 0.377 e. The van der Waals surface area contributed by atoms with Crippen LogP contribution >= 0.6 is 0 Å². The van der Waals surface area contributed by atoms with Crippen molar-refractivity contribution in [2.75, 3.05) is 54.0 Å². The van der Waals surface area contributed by atoms with Gasteiger partial charge in [-0.05, 0) is 13.5 Å². The lowest BCUT2D eigenvalue weighted by Gasteiger charge is -2.45. The summed E-state index contributed by atoms with van der Waals surface area (Å²) in [6.07, 6.45) is 1.02. The lowest BCUT2D eigenvalue weighted by Crippen LogP contribution is -2.62. The molecule has 16 heavy (non-hydrogen) atoms. The zero-order valence-corrected chi connectivity index (χ0v) is 10.4. The van der Waals surface area contributed by atoms with Gasteiger partial charge in [0.1, 0.15) is 0 Å². The molecule has 2 aliphatic rings. The van der Waals surface area contributed by atoms with Crippen LogP contribution in [0.5, 0.6) is 0 Å². The Morgan fingerprint density at radius 1 is 1.38 bits per heavy atom. The SMILES string of the molecule is CN1CCC2(COCCN2C(=O)N(C)C)C1. The van der Waals surface area contributed by atoms with E-state index < -0.39 is 0 Å². The summed E-state index contributed by atoms with van der Waals surface area (Å²) in [6.45, 7) is 4.01. The van der Waals surface area contributed by atoms with E-state index in [9.17, 15) is 4.79 Å². The second-order valence-corrected chi connectivity index (χ2v) is 5.09. The molecule has 1 unspecified atom stereocenters. The normalized spacial score (nSPS) is 31.1. The lowest BCUT2D eigenvalue weighted by atomic mass is 9.96. The molecule has 0 aliphatic carbocycles. The first-order chi connectivity index (χ1) is 7.55. The quantitative estimate of drug-likeness (QED) is 0.588. The molecule has 0 aromatic rings. The van der Waals surface area contributed by atoms with Gasteiger partial charge in [0.25, 0.3) is 0 Å². The number of nitrogens with zero attached hydrogens (tertiary/aromatic N) is 3. The monoisotopic (exact) mass is 227 g/mol. The van der Waals surface area contributed by atoms with E-state index in [1.54, 1.807) is 4.90 Å². The van der Waals surface area contributed by atoms with Gasteiger partial charge >= 0.3 is 6.03 Å². The van der Waals surface area contributed by atoms with Crippen LogP contribution in [-0.2, 0) is 4.74 Å². The molecule has 2 rings (SSSR count).